The number of rotatable bonds is 6. The minimum atomic E-state index is -3.39. The van der Waals surface area contributed by atoms with Gasteiger partial charge in [-0.3, -0.25) is 0 Å². The highest BCUT2D eigenvalue weighted by molar-refractivity contribution is 7.89. The zero-order valence-electron chi connectivity index (χ0n) is 13.2. The number of likely N-dealkylation sites (tertiary alicyclic amines) is 1. The molecule has 1 atom stereocenters. The molecule has 0 bridgehead atoms. The predicted molar refractivity (Wildman–Crippen MR) is 87.3 cm³/mol. The standard InChI is InChI=1S/C14H25N3O2S2/c1-11-14(8-13(20-11)9-15-2)21(18,19)17(4)10-12-6-5-7-16(12)3/h8,12,15H,5-7,9-10H2,1-4H3. The van der Waals surface area contributed by atoms with E-state index >= 15 is 0 Å². The maximum atomic E-state index is 12.8. The first kappa shape index (κ1) is 16.9. The number of nitrogens with zero attached hydrogens (tertiary/aromatic N) is 2. The Balaban J connectivity index is 2.16. The molecule has 1 N–H and O–H groups in total. The first-order chi connectivity index (χ1) is 9.86. The highest BCUT2D eigenvalue weighted by atomic mass is 32.2. The van der Waals surface area contributed by atoms with E-state index in [1.54, 1.807) is 24.5 Å². The molecule has 2 heterocycles. The van der Waals surface area contributed by atoms with Gasteiger partial charge in [-0.1, -0.05) is 0 Å². The van der Waals surface area contributed by atoms with Gasteiger partial charge in [0.25, 0.3) is 0 Å². The van der Waals surface area contributed by atoms with E-state index in [0.29, 0.717) is 24.0 Å². The van der Waals surface area contributed by atoms with Crippen LogP contribution in [0.5, 0.6) is 0 Å². The smallest absolute Gasteiger partial charge is 0.243 e. The summed E-state index contributed by atoms with van der Waals surface area (Å²) in [5.74, 6) is 0. The molecule has 1 aromatic rings. The van der Waals surface area contributed by atoms with Crippen LogP contribution in [0.2, 0.25) is 0 Å². The van der Waals surface area contributed by atoms with Gasteiger partial charge in [0.05, 0.1) is 4.90 Å². The highest BCUT2D eigenvalue weighted by Gasteiger charge is 2.29. The molecule has 0 aromatic carbocycles. The van der Waals surface area contributed by atoms with Crippen LogP contribution in [-0.4, -0.2) is 57.9 Å². The van der Waals surface area contributed by atoms with Crippen LogP contribution >= 0.6 is 11.3 Å². The Labute approximate surface area is 132 Å². The van der Waals surface area contributed by atoms with Crippen LogP contribution in [-0.2, 0) is 16.6 Å². The predicted octanol–water partition coefficient (Wildman–Crippen LogP) is 1.49. The lowest BCUT2D eigenvalue weighted by Crippen LogP contribution is -2.39. The normalized spacial score (nSPS) is 20.5. The number of nitrogens with one attached hydrogen (secondary N) is 1. The molecule has 1 aliphatic rings. The van der Waals surface area contributed by atoms with Crippen LogP contribution in [0.4, 0.5) is 0 Å². The summed E-state index contributed by atoms with van der Waals surface area (Å²) in [5, 5.41) is 3.07. The van der Waals surface area contributed by atoms with E-state index in [2.05, 4.69) is 17.3 Å². The molecule has 21 heavy (non-hydrogen) atoms. The molecule has 2 rings (SSSR count). The van der Waals surface area contributed by atoms with Gasteiger partial charge in [-0.25, -0.2) is 8.42 Å². The van der Waals surface area contributed by atoms with Crippen molar-refractivity contribution in [2.75, 3.05) is 34.2 Å². The van der Waals surface area contributed by atoms with Gasteiger partial charge in [0.1, 0.15) is 0 Å². The fourth-order valence-corrected chi connectivity index (χ4v) is 5.63. The van der Waals surface area contributed by atoms with Crippen molar-refractivity contribution in [2.24, 2.45) is 0 Å². The van der Waals surface area contributed by atoms with Crippen LogP contribution in [0.15, 0.2) is 11.0 Å². The summed E-state index contributed by atoms with van der Waals surface area (Å²) in [4.78, 5) is 4.63. The van der Waals surface area contributed by atoms with Gasteiger partial charge in [0.2, 0.25) is 10.0 Å². The second kappa shape index (κ2) is 6.75. The van der Waals surface area contributed by atoms with E-state index in [4.69, 9.17) is 0 Å². The van der Waals surface area contributed by atoms with E-state index in [9.17, 15) is 8.42 Å². The monoisotopic (exact) mass is 331 g/mol. The highest BCUT2D eigenvalue weighted by Crippen LogP contribution is 2.28. The lowest BCUT2D eigenvalue weighted by molar-refractivity contribution is 0.271. The number of aryl methyl sites for hydroxylation is 1. The Kier molecular flexibility index (Phi) is 5.43. The fraction of sp³-hybridized carbons (Fsp3) is 0.714. The lowest BCUT2D eigenvalue weighted by atomic mass is 10.2. The Morgan fingerprint density at radius 3 is 2.81 bits per heavy atom. The quantitative estimate of drug-likeness (QED) is 0.858. The van der Waals surface area contributed by atoms with Crippen molar-refractivity contribution in [3.63, 3.8) is 0 Å². The second-order valence-corrected chi connectivity index (χ2v) is 9.08. The van der Waals surface area contributed by atoms with E-state index in [-0.39, 0.29) is 0 Å². The van der Waals surface area contributed by atoms with Crippen LogP contribution in [0.3, 0.4) is 0 Å². The Bertz CT molecular complexity index is 583. The summed E-state index contributed by atoms with van der Waals surface area (Å²) in [7, 11) is 2.24. The van der Waals surface area contributed by atoms with Gasteiger partial charge in [0, 0.05) is 35.9 Å². The average Bonchev–Trinajstić information content (AvgIpc) is 2.97. The Morgan fingerprint density at radius 1 is 1.52 bits per heavy atom. The van der Waals surface area contributed by atoms with Crippen LogP contribution in [0, 0.1) is 6.92 Å². The third-order valence-electron chi connectivity index (χ3n) is 4.10. The zero-order valence-corrected chi connectivity index (χ0v) is 14.9. The van der Waals surface area contributed by atoms with Crippen molar-refractivity contribution in [1.29, 1.82) is 0 Å². The molecular formula is C14H25N3O2S2. The van der Waals surface area contributed by atoms with Gasteiger partial charge in [-0.05, 0) is 46.5 Å². The molecular weight excluding hydrogens is 306 g/mol. The van der Waals surface area contributed by atoms with Crippen molar-refractivity contribution < 1.29 is 8.42 Å². The minimum absolute atomic E-state index is 0.334. The molecule has 7 heteroatoms. The molecule has 1 fully saturated rings. The van der Waals surface area contributed by atoms with Crippen molar-refractivity contribution in [3.8, 4) is 0 Å². The number of hydrogen-bond donors (Lipinski definition) is 1. The van der Waals surface area contributed by atoms with Crippen LogP contribution in [0.25, 0.3) is 0 Å². The maximum Gasteiger partial charge on any atom is 0.243 e. The largest absolute Gasteiger partial charge is 0.315 e. The molecule has 0 amide bonds. The molecule has 1 aromatic heterocycles. The molecule has 0 aliphatic carbocycles. The summed E-state index contributed by atoms with van der Waals surface area (Å²) in [6, 6.07) is 2.14. The first-order valence-corrected chi connectivity index (χ1v) is 9.52. The third kappa shape index (κ3) is 3.65. The fourth-order valence-electron chi connectivity index (χ4n) is 2.81. The maximum absolute atomic E-state index is 12.8. The first-order valence-electron chi connectivity index (χ1n) is 7.26. The molecule has 0 spiro atoms. The number of likely N-dealkylation sites (N-methyl/N-ethyl adjacent to an activating group) is 2. The van der Waals surface area contributed by atoms with Crippen molar-refractivity contribution in [3.05, 3.63) is 15.8 Å². The van der Waals surface area contributed by atoms with Crippen LogP contribution in [0.1, 0.15) is 22.6 Å². The van der Waals surface area contributed by atoms with Gasteiger partial charge in [-0.15, -0.1) is 11.3 Å². The van der Waals surface area contributed by atoms with Gasteiger partial charge in [0.15, 0.2) is 0 Å². The summed E-state index contributed by atoms with van der Waals surface area (Å²) in [6.45, 7) is 4.21. The van der Waals surface area contributed by atoms with Gasteiger partial charge in [-0.2, -0.15) is 4.31 Å². The molecule has 1 saturated heterocycles. The van der Waals surface area contributed by atoms with E-state index in [1.165, 1.54) is 4.31 Å². The molecule has 0 radical (unpaired) electrons. The summed E-state index contributed by atoms with van der Waals surface area (Å²) >= 11 is 1.55. The second-order valence-electron chi connectivity index (χ2n) is 5.73. The van der Waals surface area contributed by atoms with Crippen molar-refractivity contribution in [2.45, 2.75) is 37.2 Å². The van der Waals surface area contributed by atoms with E-state index in [0.717, 1.165) is 29.1 Å². The van der Waals surface area contributed by atoms with Crippen molar-refractivity contribution >= 4 is 21.4 Å². The molecule has 0 saturated carbocycles. The molecule has 120 valence electrons. The van der Waals surface area contributed by atoms with Gasteiger partial charge >= 0.3 is 0 Å². The molecule has 1 aliphatic heterocycles. The summed E-state index contributed by atoms with van der Waals surface area (Å²) in [6.07, 6.45) is 2.23. The summed E-state index contributed by atoms with van der Waals surface area (Å²) in [5.41, 5.74) is 0. The SMILES string of the molecule is CNCc1cc(S(=O)(=O)N(C)CC2CCCN2C)c(C)s1. The lowest BCUT2D eigenvalue weighted by Gasteiger charge is -2.25. The minimum Gasteiger partial charge on any atom is -0.315 e. The van der Waals surface area contributed by atoms with Gasteiger partial charge < -0.3 is 10.2 Å². The topological polar surface area (TPSA) is 52.7 Å². The number of sulfonamides is 1. The summed E-state index contributed by atoms with van der Waals surface area (Å²) < 4.78 is 27.0. The van der Waals surface area contributed by atoms with Crippen molar-refractivity contribution in [1.82, 2.24) is 14.5 Å². The molecule has 5 nitrogen and oxygen atoms in total. The van der Waals surface area contributed by atoms with E-state index in [1.807, 2.05) is 14.0 Å². The Morgan fingerprint density at radius 2 is 2.24 bits per heavy atom. The van der Waals surface area contributed by atoms with E-state index < -0.39 is 10.0 Å². The Hall–Kier alpha value is -0.470. The number of thiophene rings is 1. The number of hydrogen-bond acceptors (Lipinski definition) is 5. The zero-order chi connectivity index (χ0) is 15.6. The molecule has 1 unspecified atom stereocenters. The third-order valence-corrected chi connectivity index (χ3v) is 7.23. The average molecular weight is 332 g/mol. The van der Waals surface area contributed by atoms with Crippen LogP contribution < -0.4 is 5.32 Å².